The zero-order valence-electron chi connectivity index (χ0n) is 16.2. The third-order valence-electron chi connectivity index (χ3n) is 5.64. The fraction of sp³-hybridized carbons (Fsp3) is 0.292. The number of hydrogen-bond acceptors (Lipinski definition) is 3. The van der Waals surface area contributed by atoms with Crippen molar-refractivity contribution in [3.8, 4) is 0 Å². The van der Waals surface area contributed by atoms with Crippen LogP contribution in [0.25, 0.3) is 17.0 Å². The number of likely N-dealkylation sites (tertiary alicyclic amines) is 1. The summed E-state index contributed by atoms with van der Waals surface area (Å²) in [6, 6.07) is 17.5. The minimum Gasteiger partial charge on any atom is -0.466 e. The minimum atomic E-state index is -0.330. The summed E-state index contributed by atoms with van der Waals surface area (Å²) in [5, 5.41) is 1.33. The molecule has 4 nitrogen and oxygen atoms in total. The highest BCUT2D eigenvalue weighted by atomic mass is 16.5. The highest BCUT2D eigenvalue weighted by Gasteiger charge is 2.25. The smallest absolute Gasteiger partial charge is 0.330 e. The van der Waals surface area contributed by atoms with Crippen molar-refractivity contribution in [2.45, 2.75) is 25.3 Å². The number of carbonyl (C=O) groups is 1. The van der Waals surface area contributed by atoms with Gasteiger partial charge in [0.05, 0.1) is 7.11 Å². The molecule has 1 aliphatic heterocycles. The van der Waals surface area contributed by atoms with Crippen LogP contribution in [-0.4, -0.2) is 36.1 Å². The summed E-state index contributed by atoms with van der Waals surface area (Å²) in [5.74, 6) is -0.330. The highest BCUT2D eigenvalue weighted by molar-refractivity contribution is 5.86. The van der Waals surface area contributed by atoms with Crippen molar-refractivity contribution in [2.24, 2.45) is 0 Å². The lowest BCUT2D eigenvalue weighted by Gasteiger charge is -2.25. The van der Waals surface area contributed by atoms with Gasteiger partial charge in [0, 0.05) is 35.8 Å². The van der Waals surface area contributed by atoms with E-state index < -0.39 is 0 Å². The molecule has 1 atom stereocenters. The van der Waals surface area contributed by atoms with Gasteiger partial charge in [0.15, 0.2) is 0 Å². The summed E-state index contributed by atoms with van der Waals surface area (Å²) >= 11 is 0. The Balaban J connectivity index is 1.42. The predicted molar refractivity (Wildman–Crippen MR) is 113 cm³/mol. The van der Waals surface area contributed by atoms with Crippen molar-refractivity contribution < 1.29 is 9.53 Å². The largest absolute Gasteiger partial charge is 0.466 e. The Morgan fingerprint density at radius 3 is 2.86 bits per heavy atom. The molecule has 0 aliphatic carbocycles. The molecular formula is C24H26N2O2. The Labute approximate surface area is 165 Å². The van der Waals surface area contributed by atoms with Crippen LogP contribution in [0.3, 0.4) is 0 Å². The fourth-order valence-electron chi connectivity index (χ4n) is 4.14. The van der Waals surface area contributed by atoms with E-state index in [4.69, 9.17) is 0 Å². The Bertz CT molecular complexity index is 972. The van der Waals surface area contributed by atoms with E-state index in [0.717, 1.165) is 25.1 Å². The van der Waals surface area contributed by atoms with Crippen molar-refractivity contribution in [2.75, 3.05) is 20.2 Å². The van der Waals surface area contributed by atoms with Gasteiger partial charge in [-0.3, -0.25) is 4.90 Å². The summed E-state index contributed by atoms with van der Waals surface area (Å²) in [6.45, 7) is 2.22. The molecule has 1 unspecified atom stereocenters. The number of ether oxygens (including phenoxy) is 1. The van der Waals surface area contributed by atoms with Crippen LogP contribution in [0.4, 0.5) is 0 Å². The standard InChI is InChI=1S/C24H26N2O2/c1-28-24(27)13-10-18-8-11-19(12-9-18)23-7-4-15-26(23)16-14-20-17-25-22-6-3-2-5-21(20)22/h2-3,5-6,8-13,17,23,25H,4,7,14-16H2,1H3/b13-10+. The van der Waals surface area contributed by atoms with Crippen LogP contribution < -0.4 is 0 Å². The van der Waals surface area contributed by atoms with Gasteiger partial charge < -0.3 is 9.72 Å². The summed E-state index contributed by atoms with van der Waals surface area (Å²) in [7, 11) is 1.39. The number of benzene rings is 2. The lowest BCUT2D eigenvalue weighted by atomic mass is 10.0. The SMILES string of the molecule is COC(=O)/C=C/c1ccc(C2CCCN2CCc2c[nH]c3ccccc23)cc1. The van der Waals surface area contributed by atoms with Gasteiger partial charge >= 0.3 is 5.97 Å². The molecule has 1 saturated heterocycles. The number of methoxy groups -OCH3 is 1. The fourth-order valence-corrected chi connectivity index (χ4v) is 4.14. The van der Waals surface area contributed by atoms with Gasteiger partial charge in [0.2, 0.25) is 0 Å². The molecule has 0 bridgehead atoms. The number of aromatic amines is 1. The number of hydrogen-bond donors (Lipinski definition) is 1. The molecule has 4 heteroatoms. The van der Waals surface area contributed by atoms with E-state index in [1.54, 1.807) is 6.08 Å². The lowest BCUT2D eigenvalue weighted by Crippen LogP contribution is -2.25. The van der Waals surface area contributed by atoms with Crippen molar-refractivity contribution in [3.05, 3.63) is 77.5 Å². The maximum Gasteiger partial charge on any atom is 0.330 e. The molecule has 0 saturated carbocycles. The maximum atomic E-state index is 11.2. The van der Waals surface area contributed by atoms with Gasteiger partial charge in [-0.1, -0.05) is 42.5 Å². The number of esters is 1. The van der Waals surface area contributed by atoms with Crippen molar-refractivity contribution in [1.82, 2.24) is 9.88 Å². The number of nitrogens with one attached hydrogen (secondary N) is 1. The molecule has 2 aromatic carbocycles. The van der Waals surface area contributed by atoms with Crippen LogP contribution in [0.2, 0.25) is 0 Å². The molecule has 3 aromatic rings. The highest BCUT2D eigenvalue weighted by Crippen LogP contribution is 2.32. The third kappa shape index (κ3) is 4.02. The molecule has 2 heterocycles. The molecule has 144 valence electrons. The monoisotopic (exact) mass is 374 g/mol. The van der Waals surface area contributed by atoms with E-state index in [1.165, 1.54) is 48.1 Å². The van der Waals surface area contributed by atoms with Crippen LogP contribution in [0.15, 0.2) is 60.8 Å². The average Bonchev–Trinajstić information content (AvgIpc) is 3.37. The molecular weight excluding hydrogens is 348 g/mol. The van der Waals surface area contributed by atoms with Crippen molar-refractivity contribution in [3.63, 3.8) is 0 Å². The van der Waals surface area contributed by atoms with Gasteiger partial charge in [-0.25, -0.2) is 4.79 Å². The van der Waals surface area contributed by atoms with Gasteiger partial charge in [-0.15, -0.1) is 0 Å². The molecule has 1 aromatic heterocycles. The molecule has 4 rings (SSSR count). The summed E-state index contributed by atoms with van der Waals surface area (Å²) < 4.78 is 4.64. The van der Waals surface area contributed by atoms with Crippen LogP contribution >= 0.6 is 0 Å². The predicted octanol–water partition coefficient (Wildman–Crippen LogP) is 4.73. The van der Waals surface area contributed by atoms with Gasteiger partial charge in [-0.2, -0.15) is 0 Å². The van der Waals surface area contributed by atoms with E-state index in [9.17, 15) is 4.79 Å². The van der Waals surface area contributed by atoms with E-state index in [1.807, 2.05) is 0 Å². The van der Waals surface area contributed by atoms with E-state index in [-0.39, 0.29) is 5.97 Å². The zero-order chi connectivity index (χ0) is 19.3. The van der Waals surface area contributed by atoms with Crippen molar-refractivity contribution >= 4 is 22.9 Å². The van der Waals surface area contributed by atoms with Gasteiger partial charge in [-0.05, 0) is 54.6 Å². The Kier molecular flexibility index (Phi) is 5.58. The molecule has 1 aliphatic rings. The molecule has 0 spiro atoms. The summed E-state index contributed by atoms with van der Waals surface area (Å²) in [5.41, 5.74) is 4.97. The van der Waals surface area contributed by atoms with E-state index >= 15 is 0 Å². The first kappa shape index (κ1) is 18.5. The Morgan fingerprint density at radius 2 is 2.04 bits per heavy atom. The van der Waals surface area contributed by atoms with Crippen LogP contribution in [0.5, 0.6) is 0 Å². The van der Waals surface area contributed by atoms with Gasteiger partial charge in [0.1, 0.15) is 0 Å². The molecule has 0 radical (unpaired) electrons. The second-order valence-electron chi connectivity index (χ2n) is 7.33. The topological polar surface area (TPSA) is 45.3 Å². The number of para-hydroxylation sites is 1. The second-order valence-corrected chi connectivity index (χ2v) is 7.33. The lowest BCUT2D eigenvalue weighted by molar-refractivity contribution is -0.134. The Hall–Kier alpha value is -2.85. The summed E-state index contributed by atoms with van der Waals surface area (Å²) in [4.78, 5) is 17.2. The first-order valence-corrected chi connectivity index (χ1v) is 9.89. The summed E-state index contributed by atoms with van der Waals surface area (Å²) in [6.07, 6.45) is 8.89. The van der Waals surface area contributed by atoms with Crippen molar-refractivity contribution in [1.29, 1.82) is 0 Å². The number of fused-ring (bicyclic) bond motifs is 1. The first-order valence-electron chi connectivity index (χ1n) is 9.89. The zero-order valence-corrected chi connectivity index (χ0v) is 16.2. The number of carbonyl (C=O) groups excluding carboxylic acids is 1. The molecule has 1 fully saturated rings. The quantitative estimate of drug-likeness (QED) is 0.501. The average molecular weight is 374 g/mol. The normalized spacial score (nSPS) is 17.5. The number of nitrogens with zero attached hydrogens (tertiary/aromatic N) is 1. The maximum absolute atomic E-state index is 11.2. The third-order valence-corrected chi connectivity index (χ3v) is 5.64. The number of rotatable bonds is 6. The van der Waals surface area contributed by atoms with Crippen LogP contribution in [-0.2, 0) is 16.0 Å². The number of aromatic nitrogens is 1. The minimum absolute atomic E-state index is 0.330. The molecule has 0 amide bonds. The second kappa shape index (κ2) is 8.44. The molecule has 28 heavy (non-hydrogen) atoms. The van der Waals surface area contributed by atoms with Gasteiger partial charge in [0.25, 0.3) is 0 Å². The first-order chi connectivity index (χ1) is 13.7. The Morgan fingerprint density at radius 1 is 1.21 bits per heavy atom. The van der Waals surface area contributed by atoms with E-state index in [0.29, 0.717) is 6.04 Å². The van der Waals surface area contributed by atoms with Crippen LogP contribution in [0, 0.1) is 0 Å². The number of H-pyrrole nitrogens is 1. The van der Waals surface area contributed by atoms with E-state index in [2.05, 4.69) is 69.3 Å². The van der Waals surface area contributed by atoms with Crippen LogP contribution in [0.1, 0.15) is 35.6 Å². The molecule has 1 N–H and O–H groups in total.